The smallest absolute Gasteiger partial charge is 0.306 e. The molecule has 0 radical (unpaired) electrons. The maximum Gasteiger partial charge on any atom is 0.306 e. The monoisotopic (exact) mass is 343 g/mol. The molecular weight excluding hydrogens is 322 g/mol. The van der Waals surface area contributed by atoms with Crippen molar-refractivity contribution in [1.29, 1.82) is 0 Å². The number of nitrogens with zero attached hydrogens (tertiary/aromatic N) is 1. The summed E-state index contributed by atoms with van der Waals surface area (Å²) in [6.07, 6.45) is 2.00. The summed E-state index contributed by atoms with van der Waals surface area (Å²) in [5.41, 5.74) is 0. The van der Waals surface area contributed by atoms with Crippen LogP contribution in [-0.2, 0) is 34.1 Å². The van der Waals surface area contributed by atoms with Crippen LogP contribution < -0.4 is 0 Å². The van der Waals surface area contributed by atoms with Gasteiger partial charge in [0.2, 0.25) is 10.0 Å². The first-order valence-corrected chi connectivity index (χ1v) is 10.1. The summed E-state index contributed by atoms with van der Waals surface area (Å²) in [7, 11) is -6.50. The van der Waals surface area contributed by atoms with Crippen LogP contribution in [0.15, 0.2) is 0 Å². The summed E-state index contributed by atoms with van der Waals surface area (Å²) in [5, 5.41) is -0.978. The zero-order chi connectivity index (χ0) is 16.1. The van der Waals surface area contributed by atoms with Gasteiger partial charge in [-0.3, -0.25) is 4.79 Å². The molecule has 0 amide bonds. The summed E-state index contributed by atoms with van der Waals surface area (Å²) in [5.74, 6) is -0.554. The number of carbonyl (C=O) groups excluding carboxylic acids is 1. The minimum atomic E-state index is -4.01. The first-order chi connectivity index (χ1) is 9.64. The summed E-state index contributed by atoms with van der Waals surface area (Å²) in [6, 6.07) is 0. The number of hydrogen-bond acceptors (Lipinski definition) is 7. The van der Waals surface area contributed by atoms with Crippen molar-refractivity contribution < 1.29 is 31.1 Å². The number of sulfonamides is 1. The quantitative estimate of drug-likeness (QED) is 0.540. The lowest BCUT2D eigenvalue weighted by molar-refractivity contribution is -0.140. The predicted octanol–water partition coefficient (Wildman–Crippen LogP) is -0.638. The Morgan fingerprint density at radius 2 is 2.00 bits per heavy atom. The number of methoxy groups -OCH3 is 1. The largest absolute Gasteiger partial charge is 0.469 e. The predicted molar refractivity (Wildman–Crippen MR) is 75.8 cm³/mol. The van der Waals surface area contributed by atoms with Crippen LogP contribution in [0.4, 0.5) is 0 Å². The molecule has 1 atom stereocenters. The van der Waals surface area contributed by atoms with Crippen molar-refractivity contribution in [3.8, 4) is 0 Å². The summed E-state index contributed by atoms with van der Waals surface area (Å²) in [4.78, 5) is 11.2. The Morgan fingerprint density at radius 1 is 1.33 bits per heavy atom. The number of ether oxygens (including phenoxy) is 2. The molecule has 1 aliphatic rings. The molecule has 21 heavy (non-hydrogen) atoms. The second-order valence-electron chi connectivity index (χ2n) is 4.97. The molecule has 0 bridgehead atoms. The van der Waals surface area contributed by atoms with E-state index in [2.05, 4.69) is 4.74 Å². The number of carbonyl (C=O) groups is 1. The van der Waals surface area contributed by atoms with Crippen LogP contribution in [0.25, 0.3) is 0 Å². The Balaban J connectivity index is 2.80. The normalized spacial score (nSPS) is 19.9. The van der Waals surface area contributed by atoms with Crippen molar-refractivity contribution in [2.75, 3.05) is 38.1 Å². The maximum atomic E-state index is 12.2. The van der Waals surface area contributed by atoms with Crippen LogP contribution in [0.1, 0.15) is 19.3 Å². The standard InChI is InChI=1S/C11H21NO7S2/c1-18-11(13)5-6-12(8-10-4-3-7-19-10)21(16,17)9-20(2,14)15/h10H,3-9H2,1-2H3. The second kappa shape index (κ2) is 7.52. The Morgan fingerprint density at radius 3 is 2.48 bits per heavy atom. The third-order valence-electron chi connectivity index (χ3n) is 2.98. The molecule has 1 heterocycles. The van der Waals surface area contributed by atoms with Crippen LogP contribution in [0, 0.1) is 0 Å². The first kappa shape index (κ1) is 18.3. The Labute approximate surface area is 125 Å². The highest BCUT2D eigenvalue weighted by atomic mass is 32.3. The molecule has 0 spiro atoms. The average molecular weight is 343 g/mol. The van der Waals surface area contributed by atoms with Gasteiger partial charge in [-0.2, -0.15) is 4.31 Å². The maximum absolute atomic E-state index is 12.2. The van der Waals surface area contributed by atoms with Crippen molar-refractivity contribution in [3.05, 3.63) is 0 Å². The van der Waals surface area contributed by atoms with E-state index in [4.69, 9.17) is 4.74 Å². The van der Waals surface area contributed by atoms with Crippen molar-refractivity contribution in [3.63, 3.8) is 0 Å². The van der Waals surface area contributed by atoms with Gasteiger partial charge in [0.25, 0.3) is 0 Å². The molecule has 1 rings (SSSR count). The second-order valence-corrected chi connectivity index (χ2v) is 9.45. The lowest BCUT2D eigenvalue weighted by Gasteiger charge is -2.24. The molecule has 0 N–H and O–H groups in total. The van der Waals surface area contributed by atoms with Gasteiger partial charge in [0.05, 0.1) is 19.6 Å². The molecular formula is C11H21NO7S2. The highest BCUT2D eigenvalue weighted by Gasteiger charge is 2.30. The van der Waals surface area contributed by atoms with E-state index in [0.717, 1.165) is 17.0 Å². The number of sulfone groups is 1. The lowest BCUT2D eigenvalue weighted by Crippen LogP contribution is -2.41. The van der Waals surface area contributed by atoms with E-state index in [0.29, 0.717) is 13.0 Å². The fourth-order valence-electron chi connectivity index (χ4n) is 2.02. The molecule has 0 aromatic rings. The molecule has 0 saturated carbocycles. The number of rotatable bonds is 8. The number of hydrogen-bond donors (Lipinski definition) is 0. The van der Waals surface area contributed by atoms with Gasteiger partial charge in [0, 0.05) is 26.0 Å². The van der Waals surface area contributed by atoms with Crippen LogP contribution in [0.3, 0.4) is 0 Å². The highest BCUT2D eigenvalue weighted by Crippen LogP contribution is 2.16. The third kappa shape index (κ3) is 6.72. The van der Waals surface area contributed by atoms with Gasteiger partial charge in [-0.05, 0) is 12.8 Å². The van der Waals surface area contributed by atoms with Crippen LogP contribution in [-0.4, -0.2) is 71.4 Å². The molecule has 8 nitrogen and oxygen atoms in total. The molecule has 0 aromatic carbocycles. The average Bonchev–Trinajstić information content (AvgIpc) is 2.83. The van der Waals surface area contributed by atoms with Crippen LogP contribution >= 0.6 is 0 Å². The third-order valence-corrected chi connectivity index (χ3v) is 7.00. The molecule has 124 valence electrons. The van der Waals surface area contributed by atoms with Crippen LogP contribution in [0.5, 0.6) is 0 Å². The van der Waals surface area contributed by atoms with E-state index in [1.54, 1.807) is 0 Å². The zero-order valence-electron chi connectivity index (χ0n) is 12.1. The van der Waals surface area contributed by atoms with E-state index in [1.165, 1.54) is 7.11 Å². The van der Waals surface area contributed by atoms with Gasteiger partial charge < -0.3 is 9.47 Å². The minimum Gasteiger partial charge on any atom is -0.469 e. The summed E-state index contributed by atoms with van der Waals surface area (Å²) < 4.78 is 57.7. The van der Waals surface area contributed by atoms with Crippen molar-refractivity contribution >= 4 is 25.8 Å². The van der Waals surface area contributed by atoms with Gasteiger partial charge in [-0.1, -0.05) is 0 Å². The van der Waals surface area contributed by atoms with Gasteiger partial charge >= 0.3 is 5.97 Å². The van der Waals surface area contributed by atoms with Crippen molar-refractivity contribution in [2.45, 2.75) is 25.4 Å². The fraction of sp³-hybridized carbons (Fsp3) is 0.909. The first-order valence-electron chi connectivity index (χ1n) is 6.48. The van der Waals surface area contributed by atoms with Gasteiger partial charge in [-0.15, -0.1) is 0 Å². The van der Waals surface area contributed by atoms with Crippen molar-refractivity contribution in [2.24, 2.45) is 0 Å². The highest BCUT2D eigenvalue weighted by molar-refractivity contribution is 8.06. The van der Waals surface area contributed by atoms with Crippen LogP contribution in [0.2, 0.25) is 0 Å². The number of esters is 1. The van der Waals surface area contributed by atoms with E-state index < -0.39 is 30.9 Å². The fourth-order valence-corrected chi connectivity index (χ4v) is 5.55. The zero-order valence-corrected chi connectivity index (χ0v) is 13.8. The van der Waals surface area contributed by atoms with E-state index >= 15 is 0 Å². The molecule has 1 saturated heterocycles. The Bertz CT molecular complexity index is 549. The molecule has 1 aliphatic heterocycles. The summed E-state index contributed by atoms with van der Waals surface area (Å²) in [6.45, 7) is 0.487. The van der Waals surface area contributed by atoms with Gasteiger partial charge in [0.1, 0.15) is 0 Å². The SMILES string of the molecule is COC(=O)CCN(CC1CCCO1)S(=O)(=O)CS(C)(=O)=O. The molecule has 10 heteroatoms. The van der Waals surface area contributed by atoms with E-state index in [1.807, 2.05) is 0 Å². The van der Waals surface area contributed by atoms with E-state index in [9.17, 15) is 21.6 Å². The summed E-state index contributed by atoms with van der Waals surface area (Å²) >= 11 is 0. The molecule has 1 unspecified atom stereocenters. The lowest BCUT2D eigenvalue weighted by atomic mass is 10.2. The minimum absolute atomic E-state index is 0.0504. The topological polar surface area (TPSA) is 107 Å². The van der Waals surface area contributed by atoms with Gasteiger partial charge in [-0.25, -0.2) is 16.8 Å². The molecule has 1 fully saturated rings. The Kier molecular flexibility index (Phi) is 6.57. The van der Waals surface area contributed by atoms with Gasteiger partial charge in [0.15, 0.2) is 14.9 Å². The van der Waals surface area contributed by atoms with Crippen molar-refractivity contribution in [1.82, 2.24) is 4.31 Å². The molecule has 0 aromatic heterocycles. The molecule has 0 aliphatic carbocycles. The van der Waals surface area contributed by atoms with E-state index in [-0.39, 0.29) is 25.6 Å². The Hall–Kier alpha value is -0.710.